The van der Waals surface area contributed by atoms with Gasteiger partial charge in [-0.25, -0.2) is 9.59 Å². The average Bonchev–Trinajstić information content (AvgIpc) is 2.73. The standard InChI is InChI=1S/C23H22N2O5/c1-15-7-9-19(11-16(15)2)24-23(28)25-21(26)13-30-22(27)14-29-20-10-8-17-5-3-4-6-18(17)12-20/h3-12H,13-14H2,1-2H3,(H2,24,25,26,28). The van der Waals surface area contributed by atoms with Crippen LogP contribution in [0, 0.1) is 13.8 Å². The zero-order valence-corrected chi connectivity index (χ0v) is 16.7. The van der Waals surface area contributed by atoms with Crippen molar-refractivity contribution in [2.45, 2.75) is 13.8 Å². The smallest absolute Gasteiger partial charge is 0.344 e. The van der Waals surface area contributed by atoms with E-state index in [-0.39, 0.29) is 6.61 Å². The van der Waals surface area contributed by atoms with Gasteiger partial charge in [-0.15, -0.1) is 0 Å². The van der Waals surface area contributed by atoms with Crippen molar-refractivity contribution in [2.75, 3.05) is 18.5 Å². The topological polar surface area (TPSA) is 93.7 Å². The zero-order valence-electron chi connectivity index (χ0n) is 16.7. The third-order valence-corrected chi connectivity index (χ3v) is 4.46. The minimum Gasteiger partial charge on any atom is -0.482 e. The van der Waals surface area contributed by atoms with Crippen molar-refractivity contribution < 1.29 is 23.9 Å². The number of anilines is 1. The van der Waals surface area contributed by atoms with E-state index in [1.165, 1.54) is 0 Å². The molecule has 3 amide bonds. The van der Waals surface area contributed by atoms with Gasteiger partial charge in [0, 0.05) is 5.69 Å². The summed E-state index contributed by atoms with van der Waals surface area (Å²) < 4.78 is 10.2. The molecule has 0 bridgehead atoms. The first-order valence-corrected chi connectivity index (χ1v) is 9.36. The summed E-state index contributed by atoms with van der Waals surface area (Å²) in [5.74, 6) is -0.939. The number of aryl methyl sites for hydroxylation is 2. The number of esters is 1. The highest BCUT2D eigenvalue weighted by atomic mass is 16.6. The first-order chi connectivity index (χ1) is 14.4. The van der Waals surface area contributed by atoms with Crippen molar-refractivity contribution in [1.29, 1.82) is 0 Å². The van der Waals surface area contributed by atoms with Gasteiger partial charge in [0.1, 0.15) is 5.75 Å². The molecule has 0 aliphatic rings. The number of amides is 3. The number of urea groups is 1. The van der Waals surface area contributed by atoms with Crippen LogP contribution in [0.25, 0.3) is 10.8 Å². The Morgan fingerprint density at radius 2 is 1.60 bits per heavy atom. The van der Waals surface area contributed by atoms with Gasteiger partial charge in [0.05, 0.1) is 0 Å². The minimum atomic E-state index is -0.740. The summed E-state index contributed by atoms with van der Waals surface area (Å²) in [6.07, 6.45) is 0. The lowest BCUT2D eigenvalue weighted by molar-refractivity contribution is -0.150. The maximum atomic E-state index is 11.9. The summed E-state index contributed by atoms with van der Waals surface area (Å²) in [5.41, 5.74) is 2.67. The van der Waals surface area contributed by atoms with Gasteiger partial charge >= 0.3 is 12.0 Å². The van der Waals surface area contributed by atoms with Crippen LogP contribution < -0.4 is 15.4 Å². The fourth-order valence-corrected chi connectivity index (χ4v) is 2.73. The van der Waals surface area contributed by atoms with Gasteiger partial charge in [-0.05, 0) is 60.0 Å². The van der Waals surface area contributed by atoms with E-state index in [9.17, 15) is 14.4 Å². The number of fused-ring (bicyclic) bond motifs is 1. The fourth-order valence-electron chi connectivity index (χ4n) is 2.73. The van der Waals surface area contributed by atoms with Gasteiger partial charge in [0.25, 0.3) is 5.91 Å². The predicted molar refractivity (Wildman–Crippen MR) is 113 cm³/mol. The molecular weight excluding hydrogens is 384 g/mol. The second-order valence-electron chi connectivity index (χ2n) is 6.76. The van der Waals surface area contributed by atoms with Crippen LogP contribution in [0.1, 0.15) is 11.1 Å². The van der Waals surface area contributed by atoms with Crippen LogP contribution in [-0.2, 0) is 14.3 Å². The van der Waals surface area contributed by atoms with Crippen LogP contribution in [-0.4, -0.2) is 31.1 Å². The van der Waals surface area contributed by atoms with E-state index in [4.69, 9.17) is 9.47 Å². The molecule has 3 rings (SSSR count). The number of imide groups is 1. The number of ether oxygens (including phenoxy) is 2. The van der Waals surface area contributed by atoms with Gasteiger partial charge in [-0.2, -0.15) is 0 Å². The Labute approximate surface area is 174 Å². The maximum absolute atomic E-state index is 11.9. The van der Waals surface area contributed by atoms with E-state index in [1.807, 2.05) is 56.3 Å². The normalized spacial score (nSPS) is 10.3. The summed E-state index contributed by atoms with van der Waals surface area (Å²) in [7, 11) is 0. The van der Waals surface area contributed by atoms with Gasteiger partial charge < -0.3 is 14.8 Å². The first kappa shape index (κ1) is 20.9. The van der Waals surface area contributed by atoms with Crippen LogP contribution in [0.2, 0.25) is 0 Å². The summed E-state index contributed by atoms with van der Waals surface area (Å²) in [6.45, 7) is 2.95. The van der Waals surface area contributed by atoms with Gasteiger partial charge in [-0.1, -0.05) is 36.4 Å². The maximum Gasteiger partial charge on any atom is 0.344 e. The highest BCUT2D eigenvalue weighted by Crippen LogP contribution is 2.20. The second-order valence-corrected chi connectivity index (χ2v) is 6.76. The molecule has 0 aliphatic heterocycles. The van der Waals surface area contributed by atoms with Gasteiger partial charge in [0.15, 0.2) is 13.2 Å². The first-order valence-electron chi connectivity index (χ1n) is 9.36. The zero-order chi connectivity index (χ0) is 21.5. The second kappa shape index (κ2) is 9.56. The molecule has 2 N–H and O–H groups in total. The van der Waals surface area contributed by atoms with Crippen LogP contribution in [0.15, 0.2) is 60.7 Å². The number of rotatable bonds is 6. The van der Waals surface area contributed by atoms with Crippen molar-refractivity contribution >= 4 is 34.4 Å². The Balaban J connectivity index is 1.40. The number of carbonyl (C=O) groups is 3. The highest BCUT2D eigenvalue weighted by Gasteiger charge is 2.12. The number of hydrogen-bond acceptors (Lipinski definition) is 5. The molecule has 7 nitrogen and oxygen atoms in total. The Bertz CT molecular complexity index is 1090. The molecule has 30 heavy (non-hydrogen) atoms. The quantitative estimate of drug-likeness (QED) is 0.609. The monoisotopic (exact) mass is 406 g/mol. The molecule has 0 unspecified atom stereocenters. The Kier molecular flexibility index (Phi) is 6.64. The molecule has 0 saturated carbocycles. The number of hydrogen-bond donors (Lipinski definition) is 2. The number of nitrogens with one attached hydrogen (secondary N) is 2. The molecule has 0 heterocycles. The number of carbonyl (C=O) groups excluding carboxylic acids is 3. The molecule has 0 aliphatic carbocycles. The molecule has 3 aromatic rings. The summed E-state index contributed by atoms with van der Waals surface area (Å²) in [4.78, 5) is 35.5. The summed E-state index contributed by atoms with van der Waals surface area (Å²) >= 11 is 0. The molecule has 3 aromatic carbocycles. The Hall–Kier alpha value is -3.87. The molecule has 7 heteroatoms. The lowest BCUT2D eigenvalue weighted by atomic mass is 10.1. The summed E-state index contributed by atoms with van der Waals surface area (Å²) in [5, 5.41) is 6.70. The van der Waals surface area contributed by atoms with Gasteiger partial charge in [-0.3, -0.25) is 10.1 Å². The third-order valence-electron chi connectivity index (χ3n) is 4.46. The van der Waals surface area contributed by atoms with E-state index in [0.29, 0.717) is 11.4 Å². The van der Waals surface area contributed by atoms with E-state index in [1.54, 1.807) is 18.2 Å². The molecule has 0 spiro atoms. The van der Waals surface area contributed by atoms with E-state index >= 15 is 0 Å². The van der Waals surface area contributed by atoms with Crippen LogP contribution in [0.3, 0.4) is 0 Å². The molecule has 0 aromatic heterocycles. The molecule has 0 atom stereocenters. The van der Waals surface area contributed by atoms with E-state index < -0.39 is 24.5 Å². The van der Waals surface area contributed by atoms with Crippen LogP contribution in [0.4, 0.5) is 10.5 Å². The van der Waals surface area contributed by atoms with Crippen molar-refractivity contribution in [3.8, 4) is 5.75 Å². The van der Waals surface area contributed by atoms with Crippen LogP contribution >= 0.6 is 0 Å². The average molecular weight is 406 g/mol. The van der Waals surface area contributed by atoms with Crippen molar-refractivity contribution in [2.24, 2.45) is 0 Å². The lowest BCUT2D eigenvalue weighted by Crippen LogP contribution is -2.37. The van der Waals surface area contributed by atoms with Gasteiger partial charge in [0.2, 0.25) is 0 Å². The number of benzene rings is 3. The van der Waals surface area contributed by atoms with Crippen molar-refractivity contribution in [3.63, 3.8) is 0 Å². The van der Waals surface area contributed by atoms with E-state index in [0.717, 1.165) is 21.9 Å². The minimum absolute atomic E-state index is 0.347. The van der Waals surface area contributed by atoms with Crippen molar-refractivity contribution in [1.82, 2.24) is 5.32 Å². The van der Waals surface area contributed by atoms with Crippen molar-refractivity contribution in [3.05, 3.63) is 71.8 Å². The molecule has 154 valence electrons. The highest BCUT2D eigenvalue weighted by molar-refractivity contribution is 6.01. The Morgan fingerprint density at radius 1 is 0.833 bits per heavy atom. The molecule has 0 radical (unpaired) electrons. The lowest BCUT2D eigenvalue weighted by Gasteiger charge is -2.09. The van der Waals surface area contributed by atoms with Crippen LogP contribution in [0.5, 0.6) is 5.75 Å². The fraction of sp³-hybridized carbons (Fsp3) is 0.174. The van der Waals surface area contributed by atoms with E-state index in [2.05, 4.69) is 10.6 Å². The molecule has 0 fully saturated rings. The Morgan fingerprint density at radius 3 is 2.37 bits per heavy atom. The molecule has 0 saturated heterocycles. The SMILES string of the molecule is Cc1ccc(NC(=O)NC(=O)COC(=O)COc2ccc3ccccc3c2)cc1C. The predicted octanol–water partition coefficient (Wildman–Crippen LogP) is 3.73. The molecular formula is C23H22N2O5. The third kappa shape index (κ3) is 5.81. The largest absolute Gasteiger partial charge is 0.482 e. The summed E-state index contributed by atoms with van der Waals surface area (Å²) in [6, 6.07) is 17.9.